The fourth-order valence-electron chi connectivity index (χ4n) is 1.22. The largest absolute Gasteiger partial charge is 0.466 e. The average molecular weight is 241 g/mol. The maximum Gasteiger partial charge on any atom is 0.323 e. The van der Waals surface area contributed by atoms with Crippen molar-refractivity contribution in [2.45, 2.75) is 19.8 Å². The number of hydrogen-bond acceptors (Lipinski definition) is 4. The third-order valence-electron chi connectivity index (χ3n) is 1.99. The van der Waals surface area contributed by atoms with Crippen LogP contribution in [-0.2, 0) is 9.53 Å². The second kappa shape index (κ2) is 6.51. The Morgan fingerprint density at radius 2 is 2.24 bits per heavy atom. The van der Waals surface area contributed by atoms with Gasteiger partial charge in [0, 0.05) is 19.2 Å². The molecule has 0 unspecified atom stereocenters. The molecule has 0 aliphatic heterocycles. The van der Waals surface area contributed by atoms with Crippen molar-refractivity contribution in [3.63, 3.8) is 0 Å². The first-order valence-corrected chi connectivity index (χ1v) is 5.35. The smallest absolute Gasteiger partial charge is 0.323 e. The van der Waals surface area contributed by atoms with E-state index in [0.29, 0.717) is 19.6 Å². The summed E-state index contributed by atoms with van der Waals surface area (Å²) in [5, 5.41) is 2.57. The minimum Gasteiger partial charge on any atom is -0.466 e. The van der Waals surface area contributed by atoms with Crippen LogP contribution in [0, 0.1) is 0 Å². The van der Waals surface area contributed by atoms with Gasteiger partial charge in [0.1, 0.15) is 5.69 Å². The van der Waals surface area contributed by atoms with E-state index in [1.807, 2.05) is 0 Å². The highest BCUT2D eigenvalue weighted by atomic mass is 16.5. The van der Waals surface area contributed by atoms with Gasteiger partial charge in [-0.25, -0.2) is 4.79 Å². The van der Waals surface area contributed by atoms with Crippen LogP contribution in [0.5, 0.6) is 0 Å². The monoisotopic (exact) mass is 241 g/mol. The molecule has 0 aromatic carbocycles. The summed E-state index contributed by atoms with van der Waals surface area (Å²) in [5.41, 5.74) is -0.257. The van der Waals surface area contributed by atoms with E-state index in [-0.39, 0.29) is 24.0 Å². The van der Waals surface area contributed by atoms with Gasteiger partial charge in [0.05, 0.1) is 6.61 Å². The Hall–Kier alpha value is -2.05. The molecule has 0 radical (unpaired) electrons. The maximum atomic E-state index is 11.4. The number of esters is 1. The Balaban J connectivity index is 2.21. The van der Waals surface area contributed by atoms with Crippen molar-refractivity contribution in [1.82, 2.24) is 15.3 Å². The maximum absolute atomic E-state index is 11.4. The summed E-state index contributed by atoms with van der Waals surface area (Å²) in [6.07, 6.45) is 2.06. The van der Waals surface area contributed by atoms with E-state index in [9.17, 15) is 14.4 Å². The zero-order chi connectivity index (χ0) is 12.7. The van der Waals surface area contributed by atoms with Crippen LogP contribution < -0.4 is 11.0 Å². The lowest BCUT2D eigenvalue weighted by Gasteiger charge is -2.03. The van der Waals surface area contributed by atoms with Crippen LogP contribution in [0.1, 0.15) is 30.3 Å². The number of aromatic amines is 2. The van der Waals surface area contributed by atoms with E-state index < -0.39 is 5.69 Å². The van der Waals surface area contributed by atoms with Gasteiger partial charge in [-0.2, -0.15) is 0 Å². The van der Waals surface area contributed by atoms with Crippen molar-refractivity contribution in [3.8, 4) is 0 Å². The van der Waals surface area contributed by atoms with E-state index >= 15 is 0 Å². The van der Waals surface area contributed by atoms with Crippen LogP contribution in [0.15, 0.2) is 11.0 Å². The molecule has 17 heavy (non-hydrogen) atoms. The number of nitrogens with one attached hydrogen (secondary N) is 3. The molecule has 0 aliphatic carbocycles. The predicted octanol–water partition coefficient (Wildman–Crippen LogP) is -0.224. The van der Waals surface area contributed by atoms with Crippen LogP contribution in [0.2, 0.25) is 0 Å². The normalized spacial score (nSPS) is 9.94. The molecular weight excluding hydrogens is 226 g/mol. The van der Waals surface area contributed by atoms with Gasteiger partial charge in [0.15, 0.2) is 0 Å². The van der Waals surface area contributed by atoms with Gasteiger partial charge in [-0.15, -0.1) is 0 Å². The molecule has 0 bridgehead atoms. The summed E-state index contributed by atoms with van der Waals surface area (Å²) >= 11 is 0. The molecule has 7 heteroatoms. The summed E-state index contributed by atoms with van der Waals surface area (Å²) in [7, 11) is 0. The molecule has 1 amide bonds. The van der Waals surface area contributed by atoms with E-state index in [1.54, 1.807) is 6.92 Å². The minimum atomic E-state index is -0.429. The van der Waals surface area contributed by atoms with Crippen molar-refractivity contribution in [3.05, 3.63) is 22.4 Å². The van der Waals surface area contributed by atoms with Gasteiger partial charge in [0.2, 0.25) is 0 Å². The lowest BCUT2D eigenvalue weighted by Crippen LogP contribution is -2.25. The molecule has 0 atom stereocenters. The highest BCUT2D eigenvalue weighted by Gasteiger charge is 2.07. The molecule has 0 saturated carbocycles. The van der Waals surface area contributed by atoms with Gasteiger partial charge >= 0.3 is 11.7 Å². The first-order chi connectivity index (χ1) is 8.13. The Bertz CT molecular complexity index is 435. The SMILES string of the molecule is CCOC(=O)CCCNC(=O)c1c[nH]c(=O)[nH]1. The molecule has 3 N–H and O–H groups in total. The van der Waals surface area contributed by atoms with Crippen LogP contribution in [0.3, 0.4) is 0 Å². The van der Waals surface area contributed by atoms with Gasteiger partial charge in [0.25, 0.3) is 5.91 Å². The number of carbonyl (C=O) groups excluding carboxylic acids is 2. The number of rotatable bonds is 6. The molecule has 7 nitrogen and oxygen atoms in total. The van der Waals surface area contributed by atoms with E-state index in [1.165, 1.54) is 6.20 Å². The topological polar surface area (TPSA) is 104 Å². The van der Waals surface area contributed by atoms with E-state index in [0.717, 1.165) is 0 Å². The van der Waals surface area contributed by atoms with Crippen LogP contribution >= 0.6 is 0 Å². The zero-order valence-electron chi connectivity index (χ0n) is 9.54. The fourth-order valence-corrected chi connectivity index (χ4v) is 1.22. The van der Waals surface area contributed by atoms with Crippen LogP contribution in [0.4, 0.5) is 0 Å². The van der Waals surface area contributed by atoms with Crippen LogP contribution in [-0.4, -0.2) is 35.0 Å². The highest BCUT2D eigenvalue weighted by Crippen LogP contribution is 1.93. The number of carbonyl (C=O) groups is 2. The Morgan fingerprint density at radius 1 is 1.47 bits per heavy atom. The van der Waals surface area contributed by atoms with Gasteiger partial charge < -0.3 is 20.0 Å². The number of ether oxygens (including phenoxy) is 1. The molecule has 1 aromatic rings. The summed E-state index contributed by atoms with van der Waals surface area (Å²) in [5.74, 6) is -0.663. The summed E-state index contributed by atoms with van der Waals surface area (Å²) < 4.78 is 4.73. The van der Waals surface area contributed by atoms with Crippen molar-refractivity contribution >= 4 is 11.9 Å². The molecule has 0 saturated heterocycles. The predicted molar refractivity (Wildman–Crippen MR) is 59.6 cm³/mol. The molecule has 1 rings (SSSR count). The Labute approximate surface area is 97.6 Å². The minimum absolute atomic E-state index is 0.172. The number of aromatic nitrogens is 2. The van der Waals surface area contributed by atoms with Crippen molar-refractivity contribution in [1.29, 1.82) is 0 Å². The average Bonchev–Trinajstić information content (AvgIpc) is 2.71. The fraction of sp³-hybridized carbons (Fsp3) is 0.500. The molecule has 0 fully saturated rings. The molecule has 1 aromatic heterocycles. The van der Waals surface area contributed by atoms with Crippen molar-refractivity contribution < 1.29 is 14.3 Å². The Kier molecular flexibility index (Phi) is 4.99. The molecule has 0 aliphatic rings. The third kappa shape index (κ3) is 4.54. The summed E-state index contributed by atoms with van der Waals surface area (Å²) in [6, 6.07) is 0. The highest BCUT2D eigenvalue weighted by molar-refractivity contribution is 5.91. The van der Waals surface area contributed by atoms with E-state index in [4.69, 9.17) is 4.74 Å². The standard InChI is InChI=1S/C10H15N3O4/c1-2-17-8(14)4-3-5-11-9(15)7-6-12-10(16)13-7/h6H,2-5H2,1H3,(H,11,15)(H2,12,13,16). The van der Waals surface area contributed by atoms with Gasteiger partial charge in [-0.3, -0.25) is 9.59 Å². The lowest BCUT2D eigenvalue weighted by atomic mass is 10.3. The molecule has 1 heterocycles. The number of hydrogen-bond donors (Lipinski definition) is 3. The zero-order valence-corrected chi connectivity index (χ0v) is 9.54. The lowest BCUT2D eigenvalue weighted by molar-refractivity contribution is -0.143. The van der Waals surface area contributed by atoms with E-state index in [2.05, 4.69) is 15.3 Å². The summed E-state index contributed by atoms with van der Waals surface area (Å²) in [4.78, 5) is 37.8. The summed E-state index contributed by atoms with van der Waals surface area (Å²) in [6.45, 7) is 2.45. The van der Waals surface area contributed by atoms with Gasteiger partial charge in [-0.05, 0) is 13.3 Å². The van der Waals surface area contributed by atoms with Crippen molar-refractivity contribution in [2.75, 3.05) is 13.2 Å². The first-order valence-electron chi connectivity index (χ1n) is 5.35. The van der Waals surface area contributed by atoms with Gasteiger partial charge in [-0.1, -0.05) is 0 Å². The number of amides is 1. The Morgan fingerprint density at radius 3 is 2.82 bits per heavy atom. The van der Waals surface area contributed by atoms with Crippen LogP contribution in [0.25, 0.3) is 0 Å². The van der Waals surface area contributed by atoms with Crippen molar-refractivity contribution in [2.24, 2.45) is 0 Å². The number of imidazole rings is 1. The quantitative estimate of drug-likeness (QED) is 0.473. The second-order valence-corrected chi connectivity index (χ2v) is 3.32. The molecule has 0 spiro atoms. The number of H-pyrrole nitrogens is 2. The molecule has 94 valence electrons. The third-order valence-corrected chi connectivity index (χ3v) is 1.99. The second-order valence-electron chi connectivity index (χ2n) is 3.32. The molecular formula is C10H15N3O4. The first kappa shape index (κ1) is 13.0.